The number of aromatic nitrogens is 1. The van der Waals surface area contributed by atoms with Crippen molar-refractivity contribution in [2.24, 2.45) is 0 Å². The van der Waals surface area contributed by atoms with E-state index in [-0.39, 0.29) is 0 Å². The molecular weight excluding hydrogens is 202 g/mol. The summed E-state index contributed by atoms with van der Waals surface area (Å²) < 4.78 is 31.7. The van der Waals surface area contributed by atoms with Crippen LogP contribution in [-0.2, 0) is 16.7 Å². The molecule has 0 saturated carbocycles. The Morgan fingerprint density at radius 1 is 1.43 bits per heavy atom. The van der Waals surface area contributed by atoms with Crippen molar-refractivity contribution in [3.05, 3.63) is 30.1 Å². The van der Waals surface area contributed by atoms with E-state index < -0.39 is 10.3 Å². The number of hydrogen-bond acceptors (Lipinski definition) is 2. The Hall–Kier alpha value is -0.940. The maximum Gasteiger partial charge on any atom is 0.511 e. The van der Waals surface area contributed by atoms with Gasteiger partial charge in [-0.05, 0) is 6.42 Å². The smallest absolute Gasteiger partial charge is 0.233 e. The second kappa shape index (κ2) is 4.52. The van der Waals surface area contributed by atoms with E-state index in [1.165, 1.54) is 6.20 Å². The third kappa shape index (κ3) is 2.78. The van der Waals surface area contributed by atoms with Crippen LogP contribution in [0.2, 0.25) is 0 Å². The van der Waals surface area contributed by atoms with Gasteiger partial charge in [0.2, 0.25) is 5.69 Å². The minimum Gasteiger partial charge on any atom is -0.233 e. The summed E-state index contributed by atoms with van der Waals surface area (Å²) in [6, 6.07) is 5.03. The number of nitrogens with zero attached hydrogens (tertiary/aromatic N) is 1. The summed E-state index contributed by atoms with van der Waals surface area (Å²) in [6.45, 7) is 2.03. The first kappa shape index (κ1) is 11.1. The highest BCUT2D eigenvalue weighted by Gasteiger charge is 2.21. The summed E-state index contributed by atoms with van der Waals surface area (Å²) in [5, 5.41) is 0. The van der Waals surface area contributed by atoms with Gasteiger partial charge in [0, 0.05) is 18.6 Å². The van der Waals surface area contributed by atoms with Gasteiger partial charge in [0.15, 0.2) is 6.20 Å². The monoisotopic (exact) mass is 216 g/mol. The van der Waals surface area contributed by atoms with Crippen LogP contribution in [0.1, 0.15) is 25.5 Å². The van der Waals surface area contributed by atoms with E-state index in [0.29, 0.717) is 12.1 Å². The summed E-state index contributed by atoms with van der Waals surface area (Å²) in [4.78, 5) is 0. The summed E-state index contributed by atoms with van der Waals surface area (Å²) in [5.74, 6) is 0. The predicted octanol–water partition coefficient (Wildman–Crippen LogP) is 0.968. The van der Waals surface area contributed by atoms with Crippen molar-refractivity contribution in [2.45, 2.75) is 26.2 Å². The molecule has 0 saturated heterocycles. The summed E-state index contributed by atoms with van der Waals surface area (Å²) in [5.41, 5.74) is 0.608. The molecule has 1 heterocycles. The summed E-state index contributed by atoms with van der Waals surface area (Å²) in [6.07, 6.45) is 3.89. The molecule has 1 aromatic heterocycles. The van der Waals surface area contributed by atoms with Crippen molar-refractivity contribution < 1.29 is 16.9 Å². The molecule has 1 rings (SSSR count). The summed E-state index contributed by atoms with van der Waals surface area (Å²) in [7, 11) is -4.15. The largest absolute Gasteiger partial charge is 0.511 e. The van der Waals surface area contributed by atoms with Gasteiger partial charge in [-0.3, -0.25) is 0 Å². The highest BCUT2D eigenvalue weighted by molar-refractivity contribution is 7.79. The van der Waals surface area contributed by atoms with E-state index in [4.69, 9.17) is 4.55 Å². The van der Waals surface area contributed by atoms with Crippen LogP contribution in [0.4, 0.5) is 0 Å². The molecule has 0 fully saturated rings. The average Bonchev–Trinajstić information content (AvgIpc) is 2.14. The Kier molecular flexibility index (Phi) is 3.60. The standard InChI is InChI=1S/C9H13NO3S/c1-2-3-6-9-7-4-5-8-10(9)14(11,12)13/h4-5,7-8H,2-3,6H2,1H3/p+1. The highest BCUT2D eigenvalue weighted by atomic mass is 32.2. The molecule has 0 aromatic carbocycles. The normalized spacial score (nSPS) is 11.6. The van der Waals surface area contributed by atoms with E-state index in [0.717, 1.165) is 16.8 Å². The maximum atomic E-state index is 10.9. The van der Waals surface area contributed by atoms with Gasteiger partial charge in [0.05, 0.1) is 0 Å². The molecule has 0 unspecified atom stereocenters. The average molecular weight is 216 g/mol. The first-order valence-electron chi connectivity index (χ1n) is 4.53. The molecular formula is C9H14NO3S+. The highest BCUT2D eigenvalue weighted by Crippen LogP contribution is 2.00. The molecule has 1 aromatic rings. The molecule has 0 aliphatic heterocycles. The van der Waals surface area contributed by atoms with Gasteiger partial charge >= 0.3 is 10.3 Å². The number of aryl methyl sites for hydroxylation is 1. The molecule has 0 aliphatic rings. The topological polar surface area (TPSA) is 58.2 Å². The molecule has 78 valence electrons. The minimum atomic E-state index is -4.15. The fourth-order valence-electron chi connectivity index (χ4n) is 1.24. The lowest BCUT2D eigenvalue weighted by atomic mass is 10.2. The lowest BCUT2D eigenvalue weighted by Gasteiger charge is -1.98. The molecule has 1 N–H and O–H groups in total. The zero-order valence-electron chi connectivity index (χ0n) is 8.05. The van der Waals surface area contributed by atoms with Gasteiger partial charge in [0.25, 0.3) is 0 Å². The predicted molar refractivity (Wildman–Crippen MR) is 52.2 cm³/mol. The van der Waals surface area contributed by atoms with Crippen molar-refractivity contribution in [1.29, 1.82) is 0 Å². The van der Waals surface area contributed by atoms with Crippen molar-refractivity contribution in [2.75, 3.05) is 0 Å². The lowest BCUT2D eigenvalue weighted by Crippen LogP contribution is -2.45. The molecule has 0 radical (unpaired) electrons. The Labute approximate surface area is 84.1 Å². The van der Waals surface area contributed by atoms with Crippen LogP contribution in [0.5, 0.6) is 0 Å². The molecule has 0 amide bonds. The zero-order valence-corrected chi connectivity index (χ0v) is 8.87. The van der Waals surface area contributed by atoms with Crippen LogP contribution < -0.4 is 3.97 Å². The van der Waals surface area contributed by atoms with Crippen molar-refractivity contribution in [3.63, 3.8) is 0 Å². The van der Waals surface area contributed by atoms with E-state index in [2.05, 4.69) is 0 Å². The number of hydrogen-bond donors (Lipinski definition) is 1. The SMILES string of the molecule is CCCCc1cccc[n+]1S(=O)(=O)O. The first-order chi connectivity index (χ1) is 6.55. The van der Waals surface area contributed by atoms with E-state index in [9.17, 15) is 8.42 Å². The van der Waals surface area contributed by atoms with Crippen LogP contribution in [0.3, 0.4) is 0 Å². The van der Waals surface area contributed by atoms with Crippen LogP contribution in [0.15, 0.2) is 24.4 Å². The minimum absolute atomic E-state index is 0.608. The van der Waals surface area contributed by atoms with Crippen molar-refractivity contribution in [3.8, 4) is 0 Å². The van der Waals surface area contributed by atoms with E-state index >= 15 is 0 Å². The van der Waals surface area contributed by atoms with E-state index in [1.54, 1.807) is 18.2 Å². The first-order valence-corrected chi connectivity index (χ1v) is 5.93. The third-order valence-electron chi connectivity index (χ3n) is 1.94. The molecule has 0 aliphatic carbocycles. The molecule has 0 atom stereocenters. The van der Waals surface area contributed by atoms with Crippen LogP contribution in [0, 0.1) is 0 Å². The lowest BCUT2D eigenvalue weighted by molar-refractivity contribution is -0.528. The second-order valence-electron chi connectivity index (χ2n) is 3.07. The van der Waals surface area contributed by atoms with E-state index in [1.807, 2.05) is 6.92 Å². The Morgan fingerprint density at radius 2 is 2.14 bits per heavy atom. The maximum absolute atomic E-state index is 10.9. The van der Waals surface area contributed by atoms with Crippen LogP contribution in [-0.4, -0.2) is 13.0 Å². The fourth-order valence-corrected chi connectivity index (χ4v) is 1.91. The van der Waals surface area contributed by atoms with Crippen LogP contribution in [0.25, 0.3) is 0 Å². The number of pyridine rings is 1. The van der Waals surface area contributed by atoms with Gasteiger partial charge in [-0.15, -0.1) is 8.42 Å². The third-order valence-corrected chi connectivity index (χ3v) is 2.79. The second-order valence-corrected chi connectivity index (χ2v) is 4.36. The molecule has 14 heavy (non-hydrogen) atoms. The van der Waals surface area contributed by atoms with Crippen LogP contribution >= 0.6 is 0 Å². The van der Waals surface area contributed by atoms with Crippen molar-refractivity contribution in [1.82, 2.24) is 0 Å². The number of unbranched alkanes of at least 4 members (excludes halogenated alkanes) is 1. The van der Waals surface area contributed by atoms with Gasteiger partial charge in [-0.1, -0.05) is 23.4 Å². The summed E-state index contributed by atoms with van der Waals surface area (Å²) >= 11 is 0. The molecule has 4 nitrogen and oxygen atoms in total. The van der Waals surface area contributed by atoms with Gasteiger partial charge in [0.1, 0.15) is 0 Å². The van der Waals surface area contributed by atoms with Gasteiger partial charge in [-0.2, -0.15) is 0 Å². The Morgan fingerprint density at radius 3 is 2.71 bits per heavy atom. The van der Waals surface area contributed by atoms with Crippen molar-refractivity contribution >= 4 is 10.3 Å². The Balaban J connectivity index is 3.04. The fraction of sp³-hybridized carbons (Fsp3) is 0.444. The molecule has 5 heteroatoms. The van der Waals surface area contributed by atoms with Gasteiger partial charge in [-0.25, -0.2) is 4.55 Å². The number of rotatable bonds is 4. The quantitative estimate of drug-likeness (QED) is 0.602. The Bertz CT molecular complexity index is 400. The molecule has 0 bridgehead atoms. The zero-order chi connectivity index (χ0) is 10.6. The molecule has 0 spiro atoms. The van der Waals surface area contributed by atoms with Gasteiger partial charge < -0.3 is 0 Å².